The quantitative estimate of drug-likeness (QED) is 0.712. The molecule has 3 aliphatic heterocycles. The lowest BCUT2D eigenvalue weighted by Gasteiger charge is -2.55. The van der Waals surface area contributed by atoms with Gasteiger partial charge < -0.3 is 14.4 Å². The van der Waals surface area contributed by atoms with Crippen molar-refractivity contribution >= 4 is 15.8 Å². The van der Waals surface area contributed by atoms with Crippen molar-refractivity contribution in [3.63, 3.8) is 0 Å². The number of sulfonamides is 1. The van der Waals surface area contributed by atoms with Gasteiger partial charge in [0.15, 0.2) is 11.5 Å². The van der Waals surface area contributed by atoms with Crippen LogP contribution in [-0.4, -0.2) is 62.1 Å². The van der Waals surface area contributed by atoms with E-state index < -0.39 is 10.0 Å². The third kappa shape index (κ3) is 3.12. The molecule has 1 aromatic carbocycles. The second-order valence-electron chi connectivity index (χ2n) is 7.88. The number of methoxy groups -OCH3 is 2. The van der Waals surface area contributed by atoms with Gasteiger partial charge in [0.05, 0.1) is 19.1 Å². The van der Waals surface area contributed by atoms with Crippen molar-refractivity contribution in [1.29, 1.82) is 0 Å². The minimum atomic E-state index is -3.60. The maximum atomic E-state index is 13.3. The summed E-state index contributed by atoms with van der Waals surface area (Å²) in [6.07, 6.45) is 4.89. The van der Waals surface area contributed by atoms with E-state index in [1.54, 1.807) is 22.8 Å². The third-order valence-electron chi connectivity index (χ3n) is 6.05. The van der Waals surface area contributed by atoms with Crippen LogP contribution >= 0.6 is 0 Å². The Morgan fingerprint density at radius 2 is 1.72 bits per heavy atom. The molecule has 2 unspecified atom stereocenters. The minimum Gasteiger partial charge on any atom is -0.493 e. The Morgan fingerprint density at radius 3 is 2.38 bits per heavy atom. The Kier molecular flexibility index (Phi) is 4.40. The first-order valence-electron chi connectivity index (χ1n) is 9.83. The van der Waals surface area contributed by atoms with Crippen LogP contribution in [0.5, 0.6) is 11.5 Å². The summed E-state index contributed by atoms with van der Waals surface area (Å²) in [5.74, 6) is 2.39. The molecule has 2 atom stereocenters. The fourth-order valence-electron chi connectivity index (χ4n) is 4.39. The minimum absolute atomic E-state index is 0.0498. The highest BCUT2D eigenvalue weighted by atomic mass is 32.2. The zero-order valence-corrected chi connectivity index (χ0v) is 17.3. The first-order chi connectivity index (χ1) is 14.0. The van der Waals surface area contributed by atoms with Crippen molar-refractivity contribution in [2.75, 3.05) is 32.2 Å². The molecule has 1 aromatic heterocycles. The van der Waals surface area contributed by atoms with Crippen LogP contribution in [0.25, 0.3) is 0 Å². The van der Waals surface area contributed by atoms with Crippen molar-refractivity contribution in [2.45, 2.75) is 42.2 Å². The average Bonchev–Trinajstić information content (AvgIpc) is 3.58. The molecule has 1 saturated carbocycles. The number of fused-ring (bicyclic) bond motifs is 2. The molecule has 0 spiro atoms. The zero-order chi connectivity index (χ0) is 20.2. The van der Waals surface area contributed by atoms with E-state index in [-0.39, 0.29) is 17.0 Å². The van der Waals surface area contributed by atoms with E-state index in [1.807, 2.05) is 0 Å². The predicted molar refractivity (Wildman–Crippen MR) is 107 cm³/mol. The molecule has 6 rings (SSSR count). The number of nitrogens with zero attached hydrogens (tertiary/aromatic N) is 4. The topological polar surface area (TPSA) is 84.9 Å². The molecule has 154 valence electrons. The summed E-state index contributed by atoms with van der Waals surface area (Å²) in [6.45, 7) is 1.29. The summed E-state index contributed by atoms with van der Waals surface area (Å²) >= 11 is 0. The zero-order valence-electron chi connectivity index (χ0n) is 16.5. The molecule has 0 N–H and O–H groups in total. The fraction of sp³-hybridized carbons (Fsp3) is 0.500. The molecule has 0 amide bonds. The Morgan fingerprint density at radius 1 is 1.00 bits per heavy atom. The number of aromatic nitrogens is 2. The SMILES string of the molecule is COc1ccc(S(=O)(=O)N2C3CC2CN(c2cc(C4CC4)ncn2)C3)cc1OC. The number of hydrogen-bond donors (Lipinski definition) is 0. The number of hydrogen-bond acceptors (Lipinski definition) is 7. The second-order valence-corrected chi connectivity index (χ2v) is 9.72. The van der Waals surface area contributed by atoms with Gasteiger partial charge in [-0.15, -0.1) is 0 Å². The van der Waals surface area contributed by atoms with Crippen LogP contribution in [0.1, 0.15) is 30.9 Å². The molecule has 8 nitrogen and oxygen atoms in total. The average molecular weight is 417 g/mol. The van der Waals surface area contributed by atoms with Crippen LogP contribution in [0.4, 0.5) is 5.82 Å². The van der Waals surface area contributed by atoms with Gasteiger partial charge in [-0.25, -0.2) is 18.4 Å². The molecule has 0 radical (unpaired) electrons. The standard InChI is InChI=1S/C20H24N4O4S/c1-27-18-6-5-16(8-19(18)28-2)29(25,26)24-14-7-15(24)11-23(10-14)20-9-17(13-3-4-13)21-12-22-20/h5-6,8-9,12-15H,3-4,7,10-11H2,1-2H3. The monoisotopic (exact) mass is 416 g/mol. The first kappa shape index (κ1) is 18.6. The van der Waals surface area contributed by atoms with E-state index in [2.05, 4.69) is 20.9 Å². The lowest BCUT2D eigenvalue weighted by Crippen LogP contribution is -2.70. The smallest absolute Gasteiger partial charge is 0.243 e. The number of piperazine rings is 1. The van der Waals surface area contributed by atoms with Gasteiger partial charge in [-0.05, 0) is 31.4 Å². The van der Waals surface area contributed by atoms with Crippen LogP contribution in [0, 0.1) is 0 Å². The highest BCUT2D eigenvalue weighted by Gasteiger charge is 2.51. The van der Waals surface area contributed by atoms with Gasteiger partial charge in [0.2, 0.25) is 10.0 Å². The number of piperidine rings is 1. The Balaban J connectivity index is 1.36. The number of anilines is 1. The molecule has 2 aromatic rings. The largest absolute Gasteiger partial charge is 0.493 e. The molecular weight excluding hydrogens is 392 g/mol. The lowest BCUT2D eigenvalue weighted by molar-refractivity contribution is 0.0874. The molecule has 29 heavy (non-hydrogen) atoms. The van der Waals surface area contributed by atoms with Crippen molar-refractivity contribution in [2.24, 2.45) is 0 Å². The van der Waals surface area contributed by atoms with Crippen LogP contribution in [0.3, 0.4) is 0 Å². The molecular formula is C20H24N4O4S. The summed E-state index contributed by atoms with van der Waals surface area (Å²) in [4.78, 5) is 11.2. The van der Waals surface area contributed by atoms with E-state index in [4.69, 9.17) is 9.47 Å². The van der Waals surface area contributed by atoms with Crippen molar-refractivity contribution in [3.8, 4) is 11.5 Å². The Labute approximate surface area is 170 Å². The van der Waals surface area contributed by atoms with E-state index >= 15 is 0 Å². The van der Waals surface area contributed by atoms with Gasteiger partial charge in [-0.1, -0.05) is 0 Å². The Bertz CT molecular complexity index is 1030. The molecule has 1 aliphatic carbocycles. The van der Waals surface area contributed by atoms with E-state index in [0.717, 1.165) is 17.9 Å². The van der Waals surface area contributed by atoms with Crippen LogP contribution in [0.2, 0.25) is 0 Å². The van der Waals surface area contributed by atoms with Gasteiger partial charge in [0, 0.05) is 48.9 Å². The van der Waals surface area contributed by atoms with Crippen molar-refractivity contribution < 1.29 is 17.9 Å². The summed E-state index contributed by atoms with van der Waals surface area (Å²) in [5, 5.41) is 0. The summed E-state index contributed by atoms with van der Waals surface area (Å²) < 4.78 is 38.7. The Hall–Kier alpha value is -2.39. The second kappa shape index (κ2) is 6.84. The normalized spacial score (nSPS) is 24.1. The maximum Gasteiger partial charge on any atom is 0.243 e. The number of benzene rings is 1. The molecule has 4 aliphatic rings. The molecule has 2 bridgehead atoms. The van der Waals surface area contributed by atoms with Gasteiger partial charge in [-0.3, -0.25) is 0 Å². The summed E-state index contributed by atoms with van der Waals surface area (Å²) in [6, 6.07) is 6.71. The van der Waals surface area contributed by atoms with Crippen molar-refractivity contribution in [1.82, 2.24) is 14.3 Å². The van der Waals surface area contributed by atoms with Crippen LogP contribution < -0.4 is 14.4 Å². The fourth-order valence-corrected chi connectivity index (χ4v) is 6.22. The molecule has 4 fully saturated rings. The van der Waals surface area contributed by atoms with Gasteiger partial charge in [-0.2, -0.15) is 4.31 Å². The lowest BCUT2D eigenvalue weighted by atomic mass is 9.91. The summed E-state index contributed by atoms with van der Waals surface area (Å²) in [7, 11) is -0.566. The van der Waals surface area contributed by atoms with Crippen LogP contribution in [0.15, 0.2) is 35.5 Å². The highest BCUT2D eigenvalue weighted by molar-refractivity contribution is 7.89. The van der Waals surface area contributed by atoms with E-state index in [9.17, 15) is 8.42 Å². The number of rotatable bonds is 6. The van der Waals surface area contributed by atoms with Gasteiger partial charge >= 0.3 is 0 Å². The number of ether oxygens (including phenoxy) is 2. The molecule has 9 heteroatoms. The molecule has 3 saturated heterocycles. The van der Waals surface area contributed by atoms with E-state index in [0.29, 0.717) is 30.5 Å². The predicted octanol–water partition coefficient (Wildman–Crippen LogP) is 2.02. The van der Waals surface area contributed by atoms with Gasteiger partial charge in [0.25, 0.3) is 0 Å². The highest BCUT2D eigenvalue weighted by Crippen LogP contribution is 2.42. The first-order valence-corrected chi connectivity index (χ1v) is 11.3. The van der Waals surface area contributed by atoms with Crippen molar-refractivity contribution in [3.05, 3.63) is 36.3 Å². The summed E-state index contributed by atoms with van der Waals surface area (Å²) in [5.41, 5.74) is 1.10. The molecule has 4 heterocycles. The van der Waals surface area contributed by atoms with Gasteiger partial charge in [0.1, 0.15) is 12.1 Å². The maximum absolute atomic E-state index is 13.3. The third-order valence-corrected chi connectivity index (χ3v) is 8.05. The van der Waals surface area contributed by atoms with Crippen LogP contribution in [-0.2, 0) is 10.0 Å². The van der Waals surface area contributed by atoms with E-state index in [1.165, 1.54) is 33.1 Å².